The second-order valence-corrected chi connectivity index (χ2v) is 7.09. The van der Waals surface area contributed by atoms with Gasteiger partial charge in [-0.1, -0.05) is 43.7 Å². The summed E-state index contributed by atoms with van der Waals surface area (Å²) in [5.74, 6) is 0.847. The number of carbonyl (C=O) groups is 1. The summed E-state index contributed by atoms with van der Waals surface area (Å²) in [6.07, 6.45) is -1.59. The molecule has 0 saturated carbocycles. The lowest BCUT2D eigenvalue weighted by atomic mass is 9.93. The van der Waals surface area contributed by atoms with Crippen molar-refractivity contribution in [3.63, 3.8) is 0 Å². The number of hydrogen-bond donors (Lipinski definition) is 1. The van der Waals surface area contributed by atoms with E-state index in [2.05, 4.69) is 13.8 Å². The predicted octanol–water partition coefficient (Wildman–Crippen LogP) is 4.28. The molecule has 0 saturated heterocycles. The van der Waals surface area contributed by atoms with Crippen LogP contribution in [0.3, 0.4) is 0 Å². The molecule has 0 amide bonds. The third kappa shape index (κ3) is 3.54. The average molecular weight is 340 g/mol. The average Bonchev–Trinajstić information content (AvgIpc) is 2.89. The standard InChI is InChI=1S/C21H24O4/c1-12(2)11-24-16-7-5-15(6-8-16)19(22)20-17-10-13(3)9-14(4)18(17)21(23)25-20/h5-10,12,19-20,22H,11H2,1-4H3. The van der Waals surface area contributed by atoms with Crippen molar-refractivity contribution in [3.8, 4) is 5.75 Å². The lowest BCUT2D eigenvalue weighted by Crippen LogP contribution is -2.11. The van der Waals surface area contributed by atoms with Crippen molar-refractivity contribution in [2.24, 2.45) is 5.92 Å². The molecule has 3 rings (SSSR count). The minimum Gasteiger partial charge on any atom is -0.493 e. The number of cyclic esters (lactones) is 1. The highest BCUT2D eigenvalue weighted by molar-refractivity contribution is 5.95. The molecule has 0 bridgehead atoms. The number of fused-ring (bicyclic) bond motifs is 1. The van der Waals surface area contributed by atoms with Crippen LogP contribution in [0.15, 0.2) is 36.4 Å². The molecule has 2 atom stereocenters. The number of esters is 1. The maximum Gasteiger partial charge on any atom is 0.339 e. The van der Waals surface area contributed by atoms with Crippen molar-refractivity contribution in [2.75, 3.05) is 6.61 Å². The third-order valence-corrected chi connectivity index (χ3v) is 4.35. The Labute approximate surface area is 148 Å². The van der Waals surface area contributed by atoms with Gasteiger partial charge in [0, 0.05) is 5.56 Å². The van der Waals surface area contributed by atoms with Gasteiger partial charge in [-0.15, -0.1) is 0 Å². The first-order chi connectivity index (χ1) is 11.9. The number of aliphatic hydroxyl groups is 1. The Kier molecular flexibility index (Phi) is 4.82. The molecule has 1 N–H and O–H groups in total. The molecule has 1 heterocycles. The van der Waals surface area contributed by atoms with Gasteiger partial charge in [0.05, 0.1) is 12.2 Å². The highest BCUT2D eigenvalue weighted by Crippen LogP contribution is 2.41. The lowest BCUT2D eigenvalue weighted by Gasteiger charge is -2.19. The molecule has 2 aromatic carbocycles. The largest absolute Gasteiger partial charge is 0.493 e. The Hall–Kier alpha value is -2.33. The van der Waals surface area contributed by atoms with Gasteiger partial charge in [-0.25, -0.2) is 4.79 Å². The first kappa shape index (κ1) is 17.5. The van der Waals surface area contributed by atoms with Crippen LogP contribution in [-0.4, -0.2) is 17.7 Å². The van der Waals surface area contributed by atoms with Crippen LogP contribution in [0.1, 0.15) is 58.7 Å². The molecule has 2 unspecified atom stereocenters. The monoisotopic (exact) mass is 340 g/mol. The van der Waals surface area contributed by atoms with Crippen molar-refractivity contribution in [3.05, 3.63) is 64.2 Å². The Morgan fingerprint density at radius 2 is 1.84 bits per heavy atom. The molecule has 1 aliphatic heterocycles. The van der Waals surface area contributed by atoms with E-state index >= 15 is 0 Å². The maximum absolute atomic E-state index is 12.2. The van der Waals surface area contributed by atoms with Crippen molar-refractivity contribution >= 4 is 5.97 Å². The highest BCUT2D eigenvalue weighted by atomic mass is 16.6. The van der Waals surface area contributed by atoms with E-state index in [1.807, 2.05) is 50.2 Å². The van der Waals surface area contributed by atoms with Crippen LogP contribution in [0, 0.1) is 19.8 Å². The van der Waals surface area contributed by atoms with E-state index in [1.54, 1.807) is 0 Å². The molecule has 2 aromatic rings. The molecule has 0 spiro atoms. The molecule has 0 radical (unpaired) electrons. The summed E-state index contributed by atoms with van der Waals surface area (Å²) in [7, 11) is 0. The summed E-state index contributed by atoms with van der Waals surface area (Å²) in [6.45, 7) is 8.69. The van der Waals surface area contributed by atoms with Crippen LogP contribution in [0.25, 0.3) is 0 Å². The Morgan fingerprint density at radius 3 is 2.48 bits per heavy atom. The van der Waals surface area contributed by atoms with E-state index in [4.69, 9.17) is 9.47 Å². The Morgan fingerprint density at radius 1 is 1.16 bits per heavy atom. The number of hydrogen-bond acceptors (Lipinski definition) is 4. The topological polar surface area (TPSA) is 55.8 Å². The number of benzene rings is 2. The van der Waals surface area contributed by atoms with Gasteiger partial charge in [-0.05, 0) is 43.0 Å². The predicted molar refractivity (Wildman–Crippen MR) is 95.8 cm³/mol. The minimum atomic E-state index is -0.912. The third-order valence-electron chi connectivity index (χ3n) is 4.35. The quantitative estimate of drug-likeness (QED) is 0.825. The van der Waals surface area contributed by atoms with E-state index < -0.39 is 12.2 Å². The molecule has 4 nitrogen and oxygen atoms in total. The zero-order valence-electron chi connectivity index (χ0n) is 15.1. The number of ether oxygens (including phenoxy) is 2. The summed E-state index contributed by atoms with van der Waals surface area (Å²) in [5.41, 5.74) is 3.96. The van der Waals surface area contributed by atoms with Gasteiger partial charge in [0.2, 0.25) is 0 Å². The zero-order valence-corrected chi connectivity index (χ0v) is 15.1. The van der Waals surface area contributed by atoms with Crippen LogP contribution in [-0.2, 0) is 4.74 Å². The van der Waals surface area contributed by atoms with E-state index in [-0.39, 0.29) is 5.97 Å². The fourth-order valence-electron chi connectivity index (χ4n) is 3.17. The molecule has 0 aromatic heterocycles. The Bertz CT molecular complexity index is 777. The fraction of sp³-hybridized carbons (Fsp3) is 0.381. The van der Waals surface area contributed by atoms with E-state index in [0.29, 0.717) is 23.7 Å². The van der Waals surface area contributed by atoms with Crippen molar-refractivity contribution < 1.29 is 19.4 Å². The summed E-state index contributed by atoms with van der Waals surface area (Å²) in [5, 5.41) is 10.8. The molecular formula is C21H24O4. The summed E-state index contributed by atoms with van der Waals surface area (Å²) >= 11 is 0. The van der Waals surface area contributed by atoms with E-state index in [0.717, 1.165) is 22.4 Å². The smallest absolute Gasteiger partial charge is 0.339 e. The number of aryl methyl sites for hydroxylation is 2. The molecular weight excluding hydrogens is 316 g/mol. The summed E-state index contributed by atoms with van der Waals surface area (Å²) in [6, 6.07) is 11.2. The molecule has 0 fully saturated rings. The molecule has 0 aliphatic carbocycles. The van der Waals surface area contributed by atoms with Gasteiger partial charge in [-0.3, -0.25) is 0 Å². The second-order valence-electron chi connectivity index (χ2n) is 7.09. The van der Waals surface area contributed by atoms with E-state index in [9.17, 15) is 9.90 Å². The van der Waals surface area contributed by atoms with Gasteiger partial charge < -0.3 is 14.6 Å². The van der Waals surface area contributed by atoms with Crippen LogP contribution in [0.2, 0.25) is 0 Å². The van der Waals surface area contributed by atoms with Crippen molar-refractivity contribution in [2.45, 2.75) is 39.9 Å². The van der Waals surface area contributed by atoms with Gasteiger partial charge in [0.15, 0.2) is 6.10 Å². The lowest BCUT2D eigenvalue weighted by molar-refractivity contribution is -0.0103. The molecule has 1 aliphatic rings. The van der Waals surface area contributed by atoms with Gasteiger partial charge in [0.1, 0.15) is 11.9 Å². The SMILES string of the molecule is Cc1cc(C)c2c(c1)C(C(O)c1ccc(OCC(C)C)cc1)OC2=O. The Balaban J connectivity index is 1.83. The van der Waals surface area contributed by atoms with Gasteiger partial charge in [0.25, 0.3) is 0 Å². The van der Waals surface area contributed by atoms with Crippen molar-refractivity contribution in [1.29, 1.82) is 0 Å². The number of carbonyl (C=O) groups excluding carboxylic acids is 1. The number of rotatable bonds is 5. The first-order valence-corrected chi connectivity index (χ1v) is 8.59. The minimum absolute atomic E-state index is 0.367. The van der Waals surface area contributed by atoms with Gasteiger partial charge >= 0.3 is 5.97 Å². The number of aliphatic hydroxyl groups excluding tert-OH is 1. The molecule has 4 heteroatoms. The first-order valence-electron chi connectivity index (χ1n) is 8.59. The highest BCUT2D eigenvalue weighted by Gasteiger charge is 2.37. The normalized spacial score (nSPS) is 17.4. The molecule has 132 valence electrons. The van der Waals surface area contributed by atoms with Crippen LogP contribution >= 0.6 is 0 Å². The van der Waals surface area contributed by atoms with Crippen LogP contribution in [0.5, 0.6) is 5.75 Å². The second kappa shape index (κ2) is 6.89. The molecule has 25 heavy (non-hydrogen) atoms. The van der Waals surface area contributed by atoms with Crippen LogP contribution in [0.4, 0.5) is 0 Å². The van der Waals surface area contributed by atoms with E-state index in [1.165, 1.54) is 0 Å². The summed E-state index contributed by atoms with van der Waals surface area (Å²) in [4.78, 5) is 12.2. The van der Waals surface area contributed by atoms with Gasteiger partial charge in [-0.2, -0.15) is 0 Å². The maximum atomic E-state index is 12.2. The van der Waals surface area contributed by atoms with Crippen LogP contribution < -0.4 is 4.74 Å². The van der Waals surface area contributed by atoms with Crippen molar-refractivity contribution in [1.82, 2.24) is 0 Å². The zero-order chi connectivity index (χ0) is 18.1. The summed E-state index contributed by atoms with van der Waals surface area (Å²) < 4.78 is 11.1. The fourth-order valence-corrected chi connectivity index (χ4v) is 3.17.